The van der Waals surface area contributed by atoms with Crippen LogP contribution in [-0.4, -0.2) is 27.9 Å². The minimum atomic E-state index is 0.0415. The van der Waals surface area contributed by atoms with Gasteiger partial charge >= 0.3 is 0 Å². The fraction of sp³-hybridized carbons (Fsp3) is 0.471. The molecule has 0 saturated carbocycles. The van der Waals surface area contributed by atoms with E-state index in [1.54, 1.807) is 0 Å². The number of anilines is 2. The highest BCUT2D eigenvalue weighted by atomic mass is 32.2. The van der Waals surface area contributed by atoms with E-state index in [1.807, 2.05) is 13.0 Å². The maximum Gasteiger partial charge on any atom is 0.230 e. The Hall–Kier alpha value is -1.60. The Kier molecular flexibility index (Phi) is 7.05. The molecule has 0 unspecified atom stereocenters. The van der Waals surface area contributed by atoms with Crippen molar-refractivity contribution < 1.29 is 4.79 Å². The zero-order valence-corrected chi connectivity index (χ0v) is 16.2. The van der Waals surface area contributed by atoms with Crippen LogP contribution in [0.4, 0.5) is 10.8 Å². The molecule has 2 rings (SSSR count). The fourth-order valence-electron chi connectivity index (χ4n) is 2.21. The number of aromatic nitrogens is 2. The van der Waals surface area contributed by atoms with Crippen molar-refractivity contribution in [3.63, 3.8) is 0 Å². The monoisotopic (exact) mass is 364 g/mol. The predicted octanol–water partition coefficient (Wildman–Crippen LogP) is 4.30. The number of hydrogen-bond donors (Lipinski definition) is 2. The van der Waals surface area contributed by atoms with E-state index in [1.165, 1.54) is 34.2 Å². The second kappa shape index (κ2) is 9.03. The highest BCUT2D eigenvalue weighted by Gasteiger charge is 2.10. The number of amides is 1. The Morgan fingerprint density at radius 2 is 2.08 bits per heavy atom. The lowest BCUT2D eigenvalue weighted by Crippen LogP contribution is -2.33. The van der Waals surface area contributed by atoms with Gasteiger partial charge in [-0.1, -0.05) is 42.5 Å². The molecular weight excluding hydrogens is 340 g/mol. The number of nitrogens with one attached hydrogen (secondary N) is 2. The molecule has 130 valence electrons. The van der Waals surface area contributed by atoms with Crippen LogP contribution in [0.1, 0.15) is 37.8 Å². The fourth-order valence-corrected chi connectivity index (χ4v) is 3.79. The third-order valence-electron chi connectivity index (χ3n) is 3.62. The van der Waals surface area contributed by atoms with Crippen molar-refractivity contribution in [1.82, 2.24) is 15.5 Å². The van der Waals surface area contributed by atoms with Gasteiger partial charge in [0.15, 0.2) is 4.34 Å². The van der Waals surface area contributed by atoms with E-state index in [-0.39, 0.29) is 11.9 Å². The summed E-state index contributed by atoms with van der Waals surface area (Å²) in [6, 6.07) is 6.42. The van der Waals surface area contributed by atoms with Crippen LogP contribution in [0.25, 0.3) is 0 Å². The number of rotatable bonds is 8. The van der Waals surface area contributed by atoms with Gasteiger partial charge in [-0.3, -0.25) is 4.79 Å². The van der Waals surface area contributed by atoms with Crippen molar-refractivity contribution in [1.29, 1.82) is 0 Å². The highest BCUT2D eigenvalue weighted by molar-refractivity contribution is 8.01. The Balaban J connectivity index is 1.84. The molecule has 0 bridgehead atoms. The number of hydrogen-bond acceptors (Lipinski definition) is 6. The smallest absolute Gasteiger partial charge is 0.230 e. The first-order valence-electron chi connectivity index (χ1n) is 8.08. The summed E-state index contributed by atoms with van der Waals surface area (Å²) in [6.07, 6.45) is 2.07. The molecule has 1 aromatic heterocycles. The summed E-state index contributed by atoms with van der Waals surface area (Å²) < 4.78 is 0.791. The van der Waals surface area contributed by atoms with E-state index >= 15 is 0 Å². The van der Waals surface area contributed by atoms with Crippen molar-refractivity contribution in [2.45, 2.75) is 50.9 Å². The third kappa shape index (κ3) is 5.79. The number of nitrogens with zero attached hydrogens (tertiary/aromatic N) is 2. The number of thioether (sulfide) groups is 1. The van der Waals surface area contributed by atoms with Crippen LogP contribution >= 0.6 is 23.1 Å². The summed E-state index contributed by atoms with van der Waals surface area (Å²) in [4.78, 5) is 11.9. The molecule has 1 atom stereocenters. The lowest BCUT2D eigenvalue weighted by molar-refractivity contribution is -0.119. The van der Waals surface area contributed by atoms with Gasteiger partial charge in [-0.2, -0.15) is 0 Å². The van der Waals surface area contributed by atoms with Crippen LogP contribution in [0, 0.1) is 13.8 Å². The summed E-state index contributed by atoms with van der Waals surface area (Å²) >= 11 is 2.88. The SMILES string of the molecule is CCC[C@@H](C)NC(=O)CSc1nnc(Nc2ccc(C)c(C)c2)s1. The van der Waals surface area contributed by atoms with Crippen molar-refractivity contribution >= 4 is 39.8 Å². The van der Waals surface area contributed by atoms with Crippen molar-refractivity contribution in [2.75, 3.05) is 11.1 Å². The molecule has 1 amide bonds. The number of carbonyl (C=O) groups excluding carboxylic acids is 1. The minimum absolute atomic E-state index is 0.0415. The molecule has 0 aliphatic carbocycles. The summed E-state index contributed by atoms with van der Waals surface area (Å²) in [5.74, 6) is 0.409. The molecule has 1 heterocycles. The normalized spacial score (nSPS) is 12.0. The maximum absolute atomic E-state index is 11.9. The summed E-state index contributed by atoms with van der Waals surface area (Å²) in [6.45, 7) is 8.32. The third-order valence-corrected chi connectivity index (χ3v) is 5.59. The quantitative estimate of drug-likeness (QED) is 0.684. The van der Waals surface area contributed by atoms with E-state index in [9.17, 15) is 4.79 Å². The molecule has 0 radical (unpaired) electrons. The predicted molar refractivity (Wildman–Crippen MR) is 102 cm³/mol. The van der Waals surface area contributed by atoms with Crippen LogP contribution < -0.4 is 10.6 Å². The van der Waals surface area contributed by atoms with E-state index in [0.717, 1.165) is 28.0 Å². The van der Waals surface area contributed by atoms with Crippen LogP contribution in [0.3, 0.4) is 0 Å². The van der Waals surface area contributed by atoms with Gasteiger partial charge in [0.25, 0.3) is 0 Å². The second-order valence-corrected chi connectivity index (χ2v) is 8.04. The standard InChI is InChI=1S/C17H24N4OS2/c1-5-6-13(4)18-15(22)10-23-17-21-20-16(24-17)19-14-8-7-11(2)12(3)9-14/h7-9,13H,5-6,10H2,1-4H3,(H,18,22)(H,19,20)/t13-/m1/s1. The maximum atomic E-state index is 11.9. The van der Waals surface area contributed by atoms with Crippen LogP contribution in [0.2, 0.25) is 0 Å². The largest absolute Gasteiger partial charge is 0.353 e. The zero-order chi connectivity index (χ0) is 17.5. The Morgan fingerprint density at radius 1 is 1.29 bits per heavy atom. The Bertz CT molecular complexity index is 687. The molecule has 0 spiro atoms. The lowest BCUT2D eigenvalue weighted by atomic mass is 10.1. The highest BCUT2D eigenvalue weighted by Crippen LogP contribution is 2.28. The average Bonchev–Trinajstić information content (AvgIpc) is 2.97. The summed E-state index contributed by atoms with van der Waals surface area (Å²) in [5, 5.41) is 15.3. The molecule has 7 heteroatoms. The van der Waals surface area contributed by atoms with E-state index in [4.69, 9.17) is 0 Å². The molecule has 0 aliphatic heterocycles. The molecule has 1 aromatic carbocycles. The molecule has 0 saturated heterocycles. The Labute approximate surface area is 151 Å². The topological polar surface area (TPSA) is 66.9 Å². The zero-order valence-electron chi connectivity index (χ0n) is 14.5. The number of carbonyl (C=O) groups is 1. The van der Waals surface area contributed by atoms with E-state index < -0.39 is 0 Å². The first-order chi connectivity index (χ1) is 11.5. The molecule has 5 nitrogen and oxygen atoms in total. The average molecular weight is 365 g/mol. The van der Waals surface area contributed by atoms with Crippen molar-refractivity contribution in [3.05, 3.63) is 29.3 Å². The van der Waals surface area contributed by atoms with E-state index in [2.05, 4.69) is 53.7 Å². The molecule has 0 fully saturated rings. The molecule has 0 aliphatic rings. The lowest BCUT2D eigenvalue weighted by Gasteiger charge is -2.11. The van der Waals surface area contributed by atoms with Gasteiger partial charge in [0.2, 0.25) is 11.0 Å². The van der Waals surface area contributed by atoms with Gasteiger partial charge < -0.3 is 10.6 Å². The summed E-state index contributed by atoms with van der Waals surface area (Å²) in [5.41, 5.74) is 3.49. The first-order valence-corrected chi connectivity index (χ1v) is 9.88. The second-order valence-electron chi connectivity index (χ2n) is 5.84. The van der Waals surface area contributed by atoms with Crippen LogP contribution in [0.15, 0.2) is 22.5 Å². The van der Waals surface area contributed by atoms with Gasteiger partial charge in [-0.05, 0) is 50.5 Å². The molecular formula is C17H24N4OS2. The first kappa shape index (κ1) is 18.7. The Morgan fingerprint density at radius 3 is 2.79 bits per heavy atom. The van der Waals surface area contributed by atoms with Gasteiger partial charge in [-0.25, -0.2) is 0 Å². The van der Waals surface area contributed by atoms with Gasteiger partial charge in [-0.15, -0.1) is 10.2 Å². The number of aryl methyl sites for hydroxylation is 2. The molecule has 2 N–H and O–H groups in total. The van der Waals surface area contributed by atoms with Crippen LogP contribution in [0.5, 0.6) is 0 Å². The van der Waals surface area contributed by atoms with Gasteiger partial charge in [0.05, 0.1) is 5.75 Å². The van der Waals surface area contributed by atoms with Gasteiger partial charge in [0, 0.05) is 11.7 Å². The molecule has 2 aromatic rings. The van der Waals surface area contributed by atoms with Gasteiger partial charge in [0.1, 0.15) is 0 Å². The van der Waals surface area contributed by atoms with Crippen molar-refractivity contribution in [2.24, 2.45) is 0 Å². The summed E-state index contributed by atoms with van der Waals surface area (Å²) in [7, 11) is 0. The van der Waals surface area contributed by atoms with Crippen molar-refractivity contribution in [3.8, 4) is 0 Å². The van der Waals surface area contributed by atoms with Crippen LogP contribution in [-0.2, 0) is 4.79 Å². The minimum Gasteiger partial charge on any atom is -0.353 e. The number of benzene rings is 1. The van der Waals surface area contributed by atoms with E-state index in [0.29, 0.717) is 5.75 Å². The molecule has 24 heavy (non-hydrogen) atoms.